The molecule has 4 rings (SSSR count). The third-order valence-corrected chi connectivity index (χ3v) is 5.20. The first-order chi connectivity index (χ1) is 15.9. The van der Waals surface area contributed by atoms with Crippen molar-refractivity contribution in [1.82, 2.24) is 0 Å². The van der Waals surface area contributed by atoms with Crippen LogP contribution in [-0.2, 0) is 4.74 Å². The zero-order valence-corrected chi connectivity index (χ0v) is 17.9. The van der Waals surface area contributed by atoms with Gasteiger partial charge in [-0.3, -0.25) is 14.4 Å². The van der Waals surface area contributed by atoms with Crippen molar-refractivity contribution in [2.24, 2.45) is 0 Å². The summed E-state index contributed by atoms with van der Waals surface area (Å²) in [5.74, 6) is -1.11. The molecule has 166 valence electrons. The van der Waals surface area contributed by atoms with Gasteiger partial charge in [-0.2, -0.15) is 0 Å². The van der Waals surface area contributed by atoms with E-state index in [4.69, 9.17) is 14.2 Å². The smallest absolute Gasteiger partial charge is 0.338 e. The summed E-state index contributed by atoms with van der Waals surface area (Å²) in [6.07, 6.45) is 0. The molecule has 0 aliphatic carbocycles. The van der Waals surface area contributed by atoms with Gasteiger partial charge in [-0.15, -0.1) is 0 Å². The third kappa shape index (κ3) is 4.06. The van der Waals surface area contributed by atoms with E-state index in [1.54, 1.807) is 36.4 Å². The number of ketones is 1. The Hall–Kier alpha value is -4.46. The fraction of sp³-hybridized carbons (Fsp3) is 0.120. The molecule has 0 atom stereocenters. The van der Waals surface area contributed by atoms with Gasteiger partial charge in [0.2, 0.25) is 0 Å². The van der Waals surface area contributed by atoms with Crippen molar-refractivity contribution in [1.29, 1.82) is 0 Å². The van der Waals surface area contributed by atoms with Gasteiger partial charge < -0.3 is 14.2 Å². The number of carbonyl (C=O) groups is 4. The second-order valence-corrected chi connectivity index (χ2v) is 7.11. The fourth-order valence-electron chi connectivity index (χ4n) is 3.48. The highest BCUT2D eigenvalue weighted by molar-refractivity contribution is 6.34. The summed E-state index contributed by atoms with van der Waals surface area (Å²) in [6, 6.07) is 17.0. The maximum absolute atomic E-state index is 12.6. The molecule has 0 spiro atoms. The Labute approximate surface area is 189 Å². The highest BCUT2D eigenvalue weighted by Crippen LogP contribution is 2.29. The first-order valence-electron chi connectivity index (χ1n) is 9.95. The molecular formula is C25H19NO7. The second kappa shape index (κ2) is 8.96. The van der Waals surface area contributed by atoms with Crippen LogP contribution < -0.4 is 14.4 Å². The van der Waals surface area contributed by atoms with Gasteiger partial charge in [0.25, 0.3) is 11.8 Å². The van der Waals surface area contributed by atoms with E-state index < -0.39 is 30.2 Å². The fourth-order valence-corrected chi connectivity index (χ4v) is 3.48. The van der Waals surface area contributed by atoms with Gasteiger partial charge in [-0.25, -0.2) is 9.69 Å². The Kier molecular flexibility index (Phi) is 5.91. The number of hydrogen-bond acceptors (Lipinski definition) is 7. The van der Waals surface area contributed by atoms with Gasteiger partial charge in [0.1, 0.15) is 0 Å². The minimum absolute atomic E-state index is 0.176. The van der Waals surface area contributed by atoms with Gasteiger partial charge >= 0.3 is 5.97 Å². The first kappa shape index (κ1) is 21.8. The molecule has 2 amide bonds. The average molecular weight is 445 g/mol. The Morgan fingerprint density at radius 3 is 1.91 bits per heavy atom. The predicted molar refractivity (Wildman–Crippen MR) is 118 cm³/mol. The summed E-state index contributed by atoms with van der Waals surface area (Å²) in [5.41, 5.74) is 1.48. The number of amides is 2. The molecule has 33 heavy (non-hydrogen) atoms. The highest BCUT2D eigenvalue weighted by atomic mass is 16.5. The van der Waals surface area contributed by atoms with E-state index in [0.29, 0.717) is 33.9 Å². The number of methoxy groups -OCH3 is 2. The zero-order valence-electron chi connectivity index (χ0n) is 17.9. The molecule has 1 aliphatic rings. The molecule has 8 heteroatoms. The summed E-state index contributed by atoms with van der Waals surface area (Å²) < 4.78 is 15.4. The number of ether oxygens (including phenoxy) is 3. The van der Waals surface area contributed by atoms with Gasteiger partial charge in [-0.1, -0.05) is 12.1 Å². The van der Waals surface area contributed by atoms with Crippen LogP contribution in [0.1, 0.15) is 41.4 Å². The second-order valence-electron chi connectivity index (χ2n) is 7.11. The van der Waals surface area contributed by atoms with Crippen LogP contribution >= 0.6 is 0 Å². The molecule has 0 fully saturated rings. The maximum atomic E-state index is 12.6. The van der Waals surface area contributed by atoms with Crippen LogP contribution in [0.25, 0.3) is 0 Å². The molecule has 8 nitrogen and oxygen atoms in total. The number of anilines is 1. The summed E-state index contributed by atoms with van der Waals surface area (Å²) in [5, 5.41) is 0. The highest BCUT2D eigenvalue weighted by Gasteiger charge is 2.36. The van der Waals surface area contributed by atoms with Crippen molar-refractivity contribution >= 4 is 29.3 Å². The molecule has 0 unspecified atom stereocenters. The standard InChI is InChI=1S/C25H19NO7/c1-31-21-12-9-16(13-22(21)32-2)20(27)14-33-25(30)15-7-10-17(11-8-15)26-23(28)18-5-3-4-6-19(18)24(26)29/h3-13H,14H2,1-2H3. The first-order valence-corrected chi connectivity index (χ1v) is 9.95. The molecule has 0 saturated carbocycles. The molecule has 1 heterocycles. The number of rotatable bonds is 7. The lowest BCUT2D eigenvalue weighted by molar-refractivity contribution is 0.0474. The minimum Gasteiger partial charge on any atom is -0.493 e. The van der Waals surface area contributed by atoms with Crippen molar-refractivity contribution < 1.29 is 33.4 Å². The molecule has 0 saturated heterocycles. The van der Waals surface area contributed by atoms with E-state index in [-0.39, 0.29) is 5.56 Å². The van der Waals surface area contributed by atoms with Crippen LogP contribution in [0.5, 0.6) is 11.5 Å². The number of imide groups is 1. The van der Waals surface area contributed by atoms with Crippen LogP contribution in [-0.4, -0.2) is 44.4 Å². The average Bonchev–Trinajstić information content (AvgIpc) is 3.11. The molecule has 0 N–H and O–H groups in total. The van der Waals surface area contributed by atoms with Gasteiger partial charge in [0.15, 0.2) is 23.9 Å². The van der Waals surface area contributed by atoms with Crippen LogP contribution in [0, 0.1) is 0 Å². The minimum atomic E-state index is -0.710. The molecular weight excluding hydrogens is 426 g/mol. The van der Waals surface area contributed by atoms with Crippen molar-refractivity contribution in [3.05, 3.63) is 89.0 Å². The molecule has 0 aromatic heterocycles. The van der Waals surface area contributed by atoms with E-state index in [1.165, 1.54) is 44.6 Å². The number of esters is 1. The molecule has 0 bridgehead atoms. The van der Waals surface area contributed by atoms with Crippen molar-refractivity contribution in [2.45, 2.75) is 0 Å². The Morgan fingerprint density at radius 2 is 1.33 bits per heavy atom. The Bertz CT molecular complexity index is 1230. The number of benzene rings is 3. The SMILES string of the molecule is COc1ccc(C(=O)COC(=O)c2ccc(N3C(=O)c4ccccc4C3=O)cc2)cc1OC. The van der Waals surface area contributed by atoms with Gasteiger partial charge in [0, 0.05) is 5.56 Å². The quantitative estimate of drug-likeness (QED) is 0.312. The van der Waals surface area contributed by atoms with Crippen LogP contribution in [0.2, 0.25) is 0 Å². The predicted octanol–water partition coefficient (Wildman–Crippen LogP) is 3.54. The normalized spacial score (nSPS) is 12.4. The molecule has 3 aromatic rings. The van der Waals surface area contributed by atoms with Crippen molar-refractivity contribution in [3.8, 4) is 11.5 Å². The number of Topliss-reactive ketones (excluding diaryl/α,β-unsaturated/α-hetero) is 1. The van der Waals surface area contributed by atoms with E-state index in [0.717, 1.165) is 4.90 Å². The topological polar surface area (TPSA) is 99.2 Å². The molecule has 1 aliphatic heterocycles. The van der Waals surface area contributed by atoms with Gasteiger partial charge in [0.05, 0.1) is 36.6 Å². The lowest BCUT2D eigenvalue weighted by Crippen LogP contribution is -2.29. The van der Waals surface area contributed by atoms with E-state index in [9.17, 15) is 19.2 Å². The van der Waals surface area contributed by atoms with Crippen molar-refractivity contribution in [2.75, 3.05) is 25.7 Å². The molecule has 0 radical (unpaired) electrons. The van der Waals surface area contributed by atoms with E-state index >= 15 is 0 Å². The number of hydrogen-bond donors (Lipinski definition) is 0. The van der Waals surface area contributed by atoms with Crippen LogP contribution in [0.3, 0.4) is 0 Å². The summed E-state index contributed by atoms with van der Waals surface area (Å²) in [6.45, 7) is -0.464. The van der Waals surface area contributed by atoms with Crippen LogP contribution in [0.4, 0.5) is 5.69 Å². The number of nitrogens with zero attached hydrogens (tertiary/aromatic N) is 1. The van der Waals surface area contributed by atoms with Crippen LogP contribution in [0.15, 0.2) is 66.7 Å². The van der Waals surface area contributed by atoms with Gasteiger partial charge in [-0.05, 0) is 54.6 Å². The largest absolute Gasteiger partial charge is 0.493 e. The Morgan fingerprint density at radius 1 is 0.758 bits per heavy atom. The van der Waals surface area contributed by atoms with Crippen molar-refractivity contribution in [3.63, 3.8) is 0 Å². The lowest BCUT2D eigenvalue weighted by Gasteiger charge is -2.14. The Balaban J connectivity index is 1.42. The summed E-state index contributed by atoms with van der Waals surface area (Å²) in [4.78, 5) is 51.0. The summed E-state index contributed by atoms with van der Waals surface area (Å²) in [7, 11) is 2.94. The number of fused-ring (bicyclic) bond motifs is 1. The maximum Gasteiger partial charge on any atom is 0.338 e. The third-order valence-electron chi connectivity index (χ3n) is 5.20. The monoisotopic (exact) mass is 445 g/mol. The lowest BCUT2D eigenvalue weighted by atomic mass is 10.1. The molecule has 3 aromatic carbocycles. The zero-order chi connectivity index (χ0) is 23.5. The summed E-state index contributed by atoms with van der Waals surface area (Å²) >= 11 is 0. The van der Waals surface area contributed by atoms with E-state index in [2.05, 4.69) is 0 Å². The number of carbonyl (C=O) groups excluding carboxylic acids is 4. The van der Waals surface area contributed by atoms with E-state index in [1.807, 2.05) is 0 Å².